The van der Waals surface area contributed by atoms with Gasteiger partial charge in [-0.05, 0) is 25.2 Å². The van der Waals surface area contributed by atoms with Gasteiger partial charge in [-0.2, -0.15) is 0 Å². The van der Waals surface area contributed by atoms with E-state index in [1.54, 1.807) is 0 Å². The Bertz CT molecular complexity index is 276. The highest BCUT2D eigenvalue weighted by molar-refractivity contribution is 5.81. The Hall–Kier alpha value is -0.900. The van der Waals surface area contributed by atoms with Crippen molar-refractivity contribution < 1.29 is 9.59 Å². The highest BCUT2D eigenvalue weighted by atomic mass is 16.1. The number of carbonyl (C=O) groups is 2. The Kier molecular flexibility index (Phi) is 3.05. The lowest BCUT2D eigenvalue weighted by Crippen LogP contribution is -2.56. The fourth-order valence-corrected chi connectivity index (χ4v) is 2.58. The van der Waals surface area contributed by atoms with Crippen LogP contribution >= 0.6 is 0 Å². The van der Waals surface area contributed by atoms with E-state index in [1.807, 2.05) is 0 Å². The predicted octanol–water partition coefficient (Wildman–Crippen LogP) is 0.305. The monoisotopic (exact) mass is 210 g/mol. The second-order valence-corrected chi connectivity index (χ2v) is 4.70. The van der Waals surface area contributed by atoms with Crippen LogP contribution in [-0.2, 0) is 9.59 Å². The zero-order chi connectivity index (χ0) is 10.8. The van der Waals surface area contributed by atoms with Crippen molar-refractivity contribution in [2.45, 2.75) is 38.1 Å². The van der Waals surface area contributed by atoms with E-state index in [2.05, 4.69) is 4.90 Å². The molecule has 2 rings (SSSR count). The summed E-state index contributed by atoms with van der Waals surface area (Å²) in [6, 6.07) is -0.0676. The van der Waals surface area contributed by atoms with Crippen molar-refractivity contribution in [2.24, 2.45) is 11.7 Å². The zero-order valence-corrected chi connectivity index (χ0v) is 8.95. The van der Waals surface area contributed by atoms with Gasteiger partial charge in [-0.1, -0.05) is 0 Å². The van der Waals surface area contributed by atoms with Crippen LogP contribution in [0.2, 0.25) is 0 Å². The summed E-state index contributed by atoms with van der Waals surface area (Å²) in [6.45, 7) is 1.83. The van der Waals surface area contributed by atoms with Crippen LogP contribution in [0.25, 0.3) is 0 Å². The van der Waals surface area contributed by atoms with Gasteiger partial charge in [-0.25, -0.2) is 0 Å². The zero-order valence-electron chi connectivity index (χ0n) is 8.95. The van der Waals surface area contributed by atoms with E-state index < -0.39 is 0 Å². The van der Waals surface area contributed by atoms with Crippen molar-refractivity contribution in [1.82, 2.24) is 4.90 Å². The van der Waals surface area contributed by atoms with Crippen molar-refractivity contribution >= 4 is 11.7 Å². The van der Waals surface area contributed by atoms with Crippen LogP contribution in [0.5, 0.6) is 0 Å². The molecule has 4 nitrogen and oxygen atoms in total. The lowest BCUT2D eigenvalue weighted by molar-refractivity contribution is -0.128. The number of nitrogens with two attached hydrogens (primary N) is 1. The molecule has 2 N–H and O–H groups in total. The average molecular weight is 210 g/mol. The van der Waals surface area contributed by atoms with Crippen LogP contribution in [0.1, 0.15) is 32.1 Å². The van der Waals surface area contributed by atoms with Crippen molar-refractivity contribution in [2.75, 3.05) is 13.1 Å². The standard InChI is InChI=1S/C11H18N2O2/c12-11(15)10-4-5-13(10)7-8-2-1-3-9(14)6-8/h8,10H,1-7H2,(H2,12,15). The van der Waals surface area contributed by atoms with E-state index in [1.165, 1.54) is 0 Å². The summed E-state index contributed by atoms with van der Waals surface area (Å²) < 4.78 is 0. The second kappa shape index (κ2) is 4.31. The molecule has 0 radical (unpaired) electrons. The van der Waals surface area contributed by atoms with Crippen molar-refractivity contribution in [1.29, 1.82) is 0 Å². The molecule has 1 saturated heterocycles. The summed E-state index contributed by atoms with van der Waals surface area (Å²) in [4.78, 5) is 24.4. The minimum absolute atomic E-state index is 0.0676. The van der Waals surface area contributed by atoms with Crippen LogP contribution in [0, 0.1) is 5.92 Å². The summed E-state index contributed by atoms with van der Waals surface area (Å²) in [5, 5.41) is 0. The number of likely N-dealkylation sites (tertiary alicyclic amines) is 1. The average Bonchev–Trinajstić information content (AvgIpc) is 2.11. The quantitative estimate of drug-likeness (QED) is 0.729. The van der Waals surface area contributed by atoms with Gasteiger partial charge in [0.05, 0.1) is 6.04 Å². The SMILES string of the molecule is NC(=O)C1CCN1CC1CCCC(=O)C1. The smallest absolute Gasteiger partial charge is 0.234 e. The second-order valence-electron chi connectivity index (χ2n) is 4.70. The highest BCUT2D eigenvalue weighted by Crippen LogP contribution is 2.26. The minimum Gasteiger partial charge on any atom is -0.368 e. The molecule has 0 aromatic carbocycles. The van der Waals surface area contributed by atoms with E-state index in [4.69, 9.17) is 5.73 Å². The van der Waals surface area contributed by atoms with Crippen LogP contribution in [0.15, 0.2) is 0 Å². The summed E-state index contributed by atoms with van der Waals surface area (Å²) >= 11 is 0. The molecule has 2 fully saturated rings. The summed E-state index contributed by atoms with van der Waals surface area (Å²) in [5.74, 6) is 0.610. The van der Waals surface area contributed by atoms with Gasteiger partial charge in [0, 0.05) is 25.9 Å². The van der Waals surface area contributed by atoms with Gasteiger partial charge >= 0.3 is 0 Å². The molecule has 2 atom stereocenters. The number of ketones is 1. The van der Waals surface area contributed by atoms with E-state index in [-0.39, 0.29) is 11.9 Å². The van der Waals surface area contributed by atoms with E-state index in [0.717, 1.165) is 38.8 Å². The lowest BCUT2D eigenvalue weighted by Gasteiger charge is -2.41. The van der Waals surface area contributed by atoms with E-state index >= 15 is 0 Å². The first kappa shape index (κ1) is 10.6. The normalized spacial score (nSPS) is 32.4. The van der Waals surface area contributed by atoms with Gasteiger partial charge in [0.25, 0.3) is 0 Å². The van der Waals surface area contributed by atoms with Gasteiger partial charge < -0.3 is 5.73 Å². The molecular formula is C11H18N2O2. The fourth-order valence-electron chi connectivity index (χ4n) is 2.58. The molecule has 0 bridgehead atoms. The number of nitrogens with zero attached hydrogens (tertiary/aromatic N) is 1. The number of hydrogen-bond donors (Lipinski definition) is 1. The first-order valence-corrected chi connectivity index (χ1v) is 5.72. The van der Waals surface area contributed by atoms with Crippen molar-refractivity contribution in [3.8, 4) is 0 Å². The molecule has 0 aromatic heterocycles. The van der Waals surface area contributed by atoms with Crippen LogP contribution in [-0.4, -0.2) is 35.7 Å². The third kappa shape index (κ3) is 2.37. The van der Waals surface area contributed by atoms with Crippen LogP contribution in [0.4, 0.5) is 0 Å². The van der Waals surface area contributed by atoms with Crippen molar-refractivity contribution in [3.63, 3.8) is 0 Å². The number of amides is 1. The maximum atomic E-state index is 11.3. The predicted molar refractivity (Wildman–Crippen MR) is 56.1 cm³/mol. The Morgan fingerprint density at radius 1 is 1.47 bits per heavy atom. The number of primary amides is 1. The molecule has 1 aliphatic carbocycles. The topological polar surface area (TPSA) is 63.4 Å². The molecule has 2 aliphatic rings. The Balaban J connectivity index is 1.81. The highest BCUT2D eigenvalue weighted by Gasteiger charge is 2.34. The molecule has 2 unspecified atom stereocenters. The third-order valence-electron chi connectivity index (χ3n) is 3.54. The van der Waals surface area contributed by atoms with Crippen LogP contribution in [0.3, 0.4) is 0 Å². The molecular weight excluding hydrogens is 192 g/mol. The fraction of sp³-hybridized carbons (Fsp3) is 0.818. The maximum absolute atomic E-state index is 11.3. The minimum atomic E-state index is -0.219. The Labute approximate surface area is 89.8 Å². The third-order valence-corrected chi connectivity index (χ3v) is 3.54. The Morgan fingerprint density at radius 2 is 2.27 bits per heavy atom. The largest absolute Gasteiger partial charge is 0.368 e. The van der Waals surface area contributed by atoms with Gasteiger partial charge in [-0.15, -0.1) is 0 Å². The summed E-state index contributed by atoms with van der Waals surface area (Å²) in [6.07, 6.45) is 4.46. The van der Waals surface area contributed by atoms with E-state index in [9.17, 15) is 9.59 Å². The number of carbonyl (C=O) groups excluding carboxylic acids is 2. The molecule has 4 heteroatoms. The van der Waals surface area contributed by atoms with Gasteiger partial charge in [0.2, 0.25) is 5.91 Å². The summed E-state index contributed by atoms with van der Waals surface area (Å²) in [7, 11) is 0. The maximum Gasteiger partial charge on any atom is 0.234 e. The molecule has 1 saturated carbocycles. The molecule has 1 aliphatic heterocycles. The number of hydrogen-bond acceptors (Lipinski definition) is 3. The lowest BCUT2D eigenvalue weighted by atomic mass is 9.86. The van der Waals surface area contributed by atoms with Gasteiger partial charge in [-0.3, -0.25) is 14.5 Å². The first-order valence-electron chi connectivity index (χ1n) is 5.72. The molecule has 15 heavy (non-hydrogen) atoms. The molecule has 84 valence electrons. The summed E-state index contributed by atoms with van der Waals surface area (Å²) in [5.41, 5.74) is 5.27. The molecule has 0 aromatic rings. The number of Topliss-reactive ketones (excluding diaryl/α,β-unsaturated/α-hetero) is 1. The van der Waals surface area contributed by atoms with Gasteiger partial charge in [0.15, 0.2) is 0 Å². The molecule has 1 heterocycles. The number of rotatable bonds is 3. The molecule has 1 amide bonds. The molecule has 0 spiro atoms. The first-order chi connectivity index (χ1) is 7.16. The van der Waals surface area contributed by atoms with Crippen LogP contribution < -0.4 is 5.73 Å². The van der Waals surface area contributed by atoms with Gasteiger partial charge in [0.1, 0.15) is 5.78 Å². The Morgan fingerprint density at radius 3 is 2.80 bits per heavy atom. The van der Waals surface area contributed by atoms with E-state index in [0.29, 0.717) is 18.1 Å². The van der Waals surface area contributed by atoms with Crippen molar-refractivity contribution in [3.05, 3.63) is 0 Å².